The Morgan fingerprint density at radius 3 is 2.75 bits per heavy atom. The molecule has 0 bridgehead atoms. The zero-order valence-electron chi connectivity index (χ0n) is 12.1. The lowest BCUT2D eigenvalue weighted by molar-refractivity contribution is -0.146. The third-order valence-electron chi connectivity index (χ3n) is 3.81. The van der Waals surface area contributed by atoms with Gasteiger partial charge < -0.3 is 9.47 Å². The molecule has 1 heterocycles. The lowest BCUT2D eigenvalue weighted by Gasteiger charge is -2.16. The van der Waals surface area contributed by atoms with Crippen LogP contribution in [-0.4, -0.2) is 38.2 Å². The molecule has 1 aliphatic rings. The second-order valence-electron chi connectivity index (χ2n) is 5.27. The fourth-order valence-corrected chi connectivity index (χ4v) is 3.31. The largest absolute Gasteiger partial charge is 0.496 e. The van der Waals surface area contributed by atoms with Gasteiger partial charge >= 0.3 is 5.97 Å². The molecule has 4 nitrogen and oxygen atoms in total. The van der Waals surface area contributed by atoms with Gasteiger partial charge in [0.2, 0.25) is 0 Å². The van der Waals surface area contributed by atoms with Crippen LogP contribution in [0.15, 0.2) is 22.7 Å². The number of hydrogen-bond acceptors (Lipinski definition) is 4. The van der Waals surface area contributed by atoms with Crippen LogP contribution >= 0.6 is 15.9 Å². The Morgan fingerprint density at radius 1 is 1.40 bits per heavy atom. The highest BCUT2D eigenvalue weighted by atomic mass is 79.9. The summed E-state index contributed by atoms with van der Waals surface area (Å²) in [5, 5.41) is 0. The smallest absolute Gasteiger partial charge is 0.310 e. The highest BCUT2D eigenvalue weighted by Crippen LogP contribution is 2.29. The summed E-state index contributed by atoms with van der Waals surface area (Å²) in [5.41, 5.74) is 1.20. The Hall–Kier alpha value is -1.07. The van der Waals surface area contributed by atoms with Gasteiger partial charge in [-0.15, -0.1) is 0 Å². The number of hydrogen-bond donors (Lipinski definition) is 0. The lowest BCUT2D eigenvalue weighted by Crippen LogP contribution is -2.24. The van der Waals surface area contributed by atoms with Crippen LogP contribution in [0.25, 0.3) is 0 Å². The van der Waals surface area contributed by atoms with E-state index in [1.807, 2.05) is 6.07 Å². The molecule has 0 spiro atoms. The Bertz CT molecular complexity index is 492. The Labute approximate surface area is 128 Å². The molecule has 1 aromatic carbocycles. The van der Waals surface area contributed by atoms with Crippen molar-refractivity contribution in [2.75, 3.05) is 27.3 Å². The molecule has 0 N–H and O–H groups in total. The number of esters is 1. The number of carbonyl (C=O) groups is 1. The molecule has 5 heteroatoms. The molecule has 0 amide bonds. The molecule has 20 heavy (non-hydrogen) atoms. The van der Waals surface area contributed by atoms with E-state index < -0.39 is 0 Å². The first-order valence-corrected chi connectivity index (χ1v) is 7.47. The maximum Gasteiger partial charge on any atom is 0.310 e. The number of benzene rings is 1. The van der Waals surface area contributed by atoms with Gasteiger partial charge in [-0.05, 0) is 39.5 Å². The van der Waals surface area contributed by atoms with E-state index in [0.29, 0.717) is 5.92 Å². The number of nitrogens with zero attached hydrogens (tertiary/aromatic N) is 1. The fraction of sp³-hybridized carbons (Fsp3) is 0.533. The van der Waals surface area contributed by atoms with E-state index in [-0.39, 0.29) is 11.9 Å². The minimum atomic E-state index is -0.101. The van der Waals surface area contributed by atoms with Crippen molar-refractivity contribution in [2.24, 2.45) is 11.8 Å². The van der Waals surface area contributed by atoms with Crippen molar-refractivity contribution in [2.45, 2.75) is 13.5 Å². The standard InChI is InChI=1S/C15H20BrNO3/c1-10-7-17(9-12(10)15(18)20-3)8-11-4-5-14(19-2)13(16)6-11/h4-6,10,12H,7-9H2,1-3H3. The van der Waals surface area contributed by atoms with Gasteiger partial charge in [-0.1, -0.05) is 13.0 Å². The number of halogens is 1. The molecular weight excluding hydrogens is 322 g/mol. The van der Waals surface area contributed by atoms with E-state index in [9.17, 15) is 4.79 Å². The van der Waals surface area contributed by atoms with Crippen molar-refractivity contribution in [1.29, 1.82) is 0 Å². The van der Waals surface area contributed by atoms with Crippen molar-refractivity contribution in [3.8, 4) is 5.75 Å². The number of likely N-dealkylation sites (tertiary alicyclic amines) is 1. The van der Waals surface area contributed by atoms with Crippen LogP contribution in [0.4, 0.5) is 0 Å². The lowest BCUT2D eigenvalue weighted by atomic mass is 9.99. The van der Waals surface area contributed by atoms with E-state index in [0.717, 1.165) is 29.9 Å². The topological polar surface area (TPSA) is 38.8 Å². The van der Waals surface area contributed by atoms with Gasteiger partial charge in [0.15, 0.2) is 0 Å². The fourth-order valence-electron chi connectivity index (χ4n) is 2.72. The summed E-state index contributed by atoms with van der Waals surface area (Å²) in [7, 11) is 3.11. The average Bonchev–Trinajstić information content (AvgIpc) is 2.79. The van der Waals surface area contributed by atoms with Gasteiger partial charge in [0, 0.05) is 19.6 Å². The number of methoxy groups -OCH3 is 2. The molecule has 0 saturated carbocycles. The first kappa shape index (κ1) is 15.3. The second-order valence-corrected chi connectivity index (χ2v) is 6.12. The predicted octanol–water partition coefficient (Wildman–Crippen LogP) is 2.70. The predicted molar refractivity (Wildman–Crippen MR) is 80.6 cm³/mol. The van der Waals surface area contributed by atoms with E-state index in [4.69, 9.17) is 9.47 Å². The van der Waals surface area contributed by atoms with Crippen LogP contribution in [0.5, 0.6) is 5.75 Å². The highest BCUT2D eigenvalue weighted by Gasteiger charge is 2.35. The minimum absolute atomic E-state index is 0.0123. The summed E-state index contributed by atoms with van der Waals surface area (Å²) in [6.45, 7) is 4.62. The third kappa shape index (κ3) is 3.33. The van der Waals surface area contributed by atoms with Crippen LogP contribution < -0.4 is 4.74 Å². The first-order valence-electron chi connectivity index (χ1n) is 6.67. The van der Waals surface area contributed by atoms with Crippen molar-refractivity contribution in [3.05, 3.63) is 28.2 Å². The van der Waals surface area contributed by atoms with E-state index >= 15 is 0 Å². The Morgan fingerprint density at radius 2 is 2.15 bits per heavy atom. The Kier molecular flexibility index (Phi) is 5.05. The summed E-state index contributed by atoms with van der Waals surface area (Å²) in [6, 6.07) is 6.07. The van der Waals surface area contributed by atoms with Crippen molar-refractivity contribution in [1.82, 2.24) is 4.90 Å². The molecular formula is C15H20BrNO3. The maximum atomic E-state index is 11.7. The molecule has 0 aromatic heterocycles. The molecule has 1 saturated heterocycles. The van der Waals surface area contributed by atoms with Crippen LogP contribution in [0.2, 0.25) is 0 Å². The molecule has 2 rings (SSSR count). The molecule has 0 aliphatic carbocycles. The van der Waals surface area contributed by atoms with Crippen molar-refractivity contribution < 1.29 is 14.3 Å². The van der Waals surface area contributed by atoms with Crippen molar-refractivity contribution >= 4 is 21.9 Å². The zero-order chi connectivity index (χ0) is 14.7. The van der Waals surface area contributed by atoms with Crippen LogP contribution in [0.1, 0.15) is 12.5 Å². The number of ether oxygens (including phenoxy) is 2. The van der Waals surface area contributed by atoms with Crippen LogP contribution in [0, 0.1) is 11.8 Å². The van der Waals surface area contributed by atoms with Gasteiger partial charge in [0.05, 0.1) is 24.6 Å². The van der Waals surface area contributed by atoms with E-state index in [2.05, 4.69) is 39.9 Å². The second kappa shape index (κ2) is 6.59. The van der Waals surface area contributed by atoms with E-state index in [1.54, 1.807) is 7.11 Å². The molecule has 110 valence electrons. The van der Waals surface area contributed by atoms with Gasteiger partial charge in [-0.25, -0.2) is 0 Å². The zero-order valence-corrected chi connectivity index (χ0v) is 13.6. The van der Waals surface area contributed by atoms with Gasteiger partial charge in [-0.3, -0.25) is 9.69 Å². The van der Waals surface area contributed by atoms with Crippen LogP contribution in [-0.2, 0) is 16.1 Å². The summed E-state index contributed by atoms with van der Waals surface area (Å²) in [4.78, 5) is 14.0. The molecule has 1 aromatic rings. The number of carbonyl (C=O) groups excluding carboxylic acids is 1. The van der Waals surface area contributed by atoms with Crippen molar-refractivity contribution in [3.63, 3.8) is 0 Å². The molecule has 2 atom stereocenters. The average molecular weight is 342 g/mol. The van der Waals surface area contributed by atoms with Gasteiger partial charge in [0.25, 0.3) is 0 Å². The summed E-state index contributed by atoms with van der Waals surface area (Å²) in [5.74, 6) is 1.05. The summed E-state index contributed by atoms with van der Waals surface area (Å²) in [6.07, 6.45) is 0. The molecule has 1 fully saturated rings. The SMILES string of the molecule is COC(=O)C1CN(Cc2ccc(OC)c(Br)c2)CC1C. The summed E-state index contributed by atoms with van der Waals surface area (Å²) >= 11 is 3.50. The quantitative estimate of drug-likeness (QED) is 0.789. The number of rotatable bonds is 4. The Balaban J connectivity index is 2.01. The summed E-state index contributed by atoms with van der Waals surface area (Å²) < 4.78 is 11.0. The van der Waals surface area contributed by atoms with Crippen LogP contribution in [0.3, 0.4) is 0 Å². The molecule has 0 radical (unpaired) electrons. The minimum Gasteiger partial charge on any atom is -0.496 e. The maximum absolute atomic E-state index is 11.7. The highest BCUT2D eigenvalue weighted by molar-refractivity contribution is 9.10. The van der Waals surface area contributed by atoms with E-state index in [1.165, 1.54) is 12.7 Å². The molecule has 2 unspecified atom stereocenters. The monoisotopic (exact) mass is 341 g/mol. The van der Waals surface area contributed by atoms with Gasteiger partial charge in [0.1, 0.15) is 5.75 Å². The first-order chi connectivity index (χ1) is 9.55. The third-order valence-corrected chi connectivity index (χ3v) is 4.43. The van der Waals surface area contributed by atoms with Gasteiger partial charge in [-0.2, -0.15) is 0 Å². The molecule has 1 aliphatic heterocycles. The normalized spacial score (nSPS) is 22.8.